The van der Waals surface area contributed by atoms with Crippen LogP contribution in [-0.2, 0) is 4.79 Å². The lowest BCUT2D eigenvalue weighted by molar-refractivity contribution is -0.148. The second-order valence-corrected chi connectivity index (χ2v) is 9.94. The Morgan fingerprint density at radius 1 is 1.18 bits per heavy atom. The Labute approximate surface area is 197 Å². The maximum Gasteiger partial charge on any atom is 0.308 e. The van der Waals surface area contributed by atoms with Crippen LogP contribution in [0.25, 0.3) is 33.0 Å². The molecule has 0 amide bonds. The summed E-state index contributed by atoms with van der Waals surface area (Å²) in [5.74, 6) is -2.20. The number of aromatic nitrogens is 4. The maximum absolute atomic E-state index is 15.8. The Balaban J connectivity index is 1.49. The fraction of sp³-hybridized carbons (Fsp3) is 0.333. The van der Waals surface area contributed by atoms with E-state index in [1.807, 2.05) is 5.38 Å². The van der Waals surface area contributed by atoms with Crippen LogP contribution in [0.3, 0.4) is 0 Å². The molecule has 7 nitrogen and oxygen atoms in total. The zero-order valence-electron chi connectivity index (χ0n) is 18.0. The van der Waals surface area contributed by atoms with Crippen LogP contribution in [0.2, 0.25) is 0 Å². The van der Waals surface area contributed by atoms with E-state index in [1.54, 1.807) is 18.3 Å². The Hall–Kier alpha value is -3.40. The zero-order chi connectivity index (χ0) is 23.4. The predicted octanol–water partition coefficient (Wildman–Crippen LogP) is 5.33. The molecule has 3 fully saturated rings. The van der Waals surface area contributed by atoms with Gasteiger partial charge in [-0.1, -0.05) is 6.07 Å². The number of carboxylic acid groups (broad SMARTS) is 1. The number of nitrogens with one attached hydrogen (secondary N) is 2. The van der Waals surface area contributed by atoms with Crippen LogP contribution in [0, 0.1) is 29.4 Å². The molecule has 2 atom stereocenters. The second kappa shape index (κ2) is 8.12. The van der Waals surface area contributed by atoms with Crippen molar-refractivity contribution in [1.29, 1.82) is 0 Å². The lowest BCUT2D eigenvalue weighted by Crippen LogP contribution is -2.51. The standard InChI is InChI=1S/C24H21F2N5O2S/c25-13-8-14-15(10-28-21(14)27-9-13)22-30-20(16-2-1-7-34-16)18(26)23(31-22)29-19-12-5-3-11(4-6-12)17(19)24(32)33/h1-2,7-12,17,19H,3-6H2,(H,27,28)(H,32,33)(H,29,30,31)/t11?,12?,17-,19-/m0/s1. The highest BCUT2D eigenvalue weighted by Gasteiger charge is 2.47. The molecule has 4 aromatic heterocycles. The highest BCUT2D eigenvalue weighted by Crippen LogP contribution is 2.47. The van der Waals surface area contributed by atoms with Crippen LogP contribution >= 0.6 is 11.3 Å². The van der Waals surface area contributed by atoms with E-state index >= 15 is 4.39 Å². The monoisotopic (exact) mass is 481 g/mol. The molecule has 174 valence electrons. The summed E-state index contributed by atoms with van der Waals surface area (Å²) in [5.41, 5.74) is 1.07. The summed E-state index contributed by atoms with van der Waals surface area (Å²) in [7, 11) is 0. The molecule has 10 heteroatoms. The second-order valence-electron chi connectivity index (χ2n) is 9.00. The number of carboxylic acids is 1. The summed E-state index contributed by atoms with van der Waals surface area (Å²) in [6.07, 6.45) is 6.32. The van der Waals surface area contributed by atoms with Crippen LogP contribution in [0.1, 0.15) is 25.7 Å². The van der Waals surface area contributed by atoms with E-state index in [0.29, 0.717) is 21.5 Å². The molecule has 7 rings (SSSR count). The van der Waals surface area contributed by atoms with E-state index in [-0.39, 0.29) is 29.2 Å². The molecule has 0 unspecified atom stereocenters. The van der Waals surface area contributed by atoms with E-state index < -0.39 is 29.6 Å². The number of hydrogen-bond donors (Lipinski definition) is 3. The van der Waals surface area contributed by atoms with Crippen molar-refractivity contribution in [2.45, 2.75) is 31.7 Å². The van der Waals surface area contributed by atoms with Crippen molar-refractivity contribution in [1.82, 2.24) is 19.9 Å². The molecule has 2 bridgehead atoms. The molecule has 0 radical (unpaired) electrons. The SMILES string of the molecule is O=C(O)[C@H]1C2CCC(CC2)[C@@H]1Nc1nc(-c2c[nH]c3ncc(F)cc23)nc(-c2cccs2)c1F. The number of H-pyrrole nitrogens is 1. The average Bonchev–Trinajstić information content (AvgIpc) is 3.51. The summed E-state index contributed by atoms with van der Waals surface area (Å²) in [5, 5.41) is 15.4. The molecule has 0 saturated heterocycles. The minimum Gasteiger partial charge on any atom is -0.481 e. The number of pyridine rings is 1. The Morgan fingerprint density at radius 3 is 2.71 bits per heavy atom. The Kier molecular flexibility index (Phi) is 5.05. The van der Waals surface area contributed by atoms with Crippen molar-refractivity contribution >= 4 is 34.2 Å². The number of rotatable bonds is 5. The van der Waals surface area contributed by atoms with Crippen molar-refractivity contribution in [2.24, 2.45) is 17.8 Å². The van der Waals surface area contributed by atoms with Gasteiger partial charge in [0.2, 0.25) is 0 Å². The van der Waals surface area contributed by atoms with Gasteiger partial charge in [-0.2, -0.15) is 0 Å². The predicted molar refractivity (Wildman–Crippen MR) is 124 cm³/mol. The van der Waals surface area contributed by atoms with Gasteiger partial charge in [0.15, 0.2) is 17.5 Å². The van der Waals surface area contributed by atoms with Gasteiger partial charge in [-0.3, -0.25) is 4.79 Å². The summed E-state index contributed by atoms with van der Waals surface area (Å²) in [6.45, 7) is 0. The quantitative estimate of drug-likeness (QED) is 0.356. The third kappa shape index (κ3) is 3.44. The number of hydrogen-bond acceptors (Lipinski definition) is 6. The van der Waals surface area contributed by atoms with Crippen LogP contribution in [-0.4, -0.2) is 37.1 Å². The molecule has 3 aliphatic rings. The molecule has 34 heavy (non-hydrogen) atoms. The fourth-order valence-corrected chi connectivity index (χ4v) is 6.28. The van der Waals surface area contributed by atoms with Crippen molar-refractivity contribution in [3.8, 4) is 22.0 Å². The van der Waals surface area contributed by atoms with Gasteiger partial charge in [0, 0.05) is 23.2 Å². The van der Waals surface area contributed by atoms with E-state index in [9.17, 15) is 14.3 Å². The van der Waals surface area contributed by atoms with E-state index in [2.05, 4.69) is 25.3 Å². The third-order valence-electron chi connectivity index (χ3n) is 7.15. The van der Waals surface area contributed by atoms with Crippen molar-refractivity contribution in [3.63, 3.8) is 0 Å². The largest absolute Gasteiger partial charge is 0.481 e. The minimum absolute atomic E-state index is 0.0316. The molecule has 0 spiro atoms. The number of anilines is 1. The van der Waals surface area contributed by atoms with Crippen LogP contribution in [0.15, 0.2) is 36.0 Å². The van der Waals surface area contributed by atoms with Crippen molar-refractivity contribution in [2.75, 3.05) is 5.32 Å². The lowest BCUT2D eigenvalue weighted by Gasteiger charge is -2.47. The van der Waals surface area contributed by atoms with Gasteiger partial charge in [0.05, 0.1) is 17.0 Å². The molecule has 4 heterocycles. The molecule has 3 saturated carbocycles. The fourth-order valence-electron chi connectivity index (χ4n) is 5.57. The molecule has 3 N–H and O–H groups in total. The molecule has 3 aliphatic carbocycles. The normalized spacial score (nSPS) is 23.9. The summed E-state index contributed by atoms with van der Waals surface area (Å²) < 4.78 is 29.7. The van der Waals surface area contributed by atoms with Gasteiger partial charge >= 0.3 is 5.97 Å². The smallest absolute Gasteiger partial charge is 0.308 e. The first kappa shape index (κ1) is 21.2. The van der Waals surface area contributed by atoms with Crippen LogP contribution < -0.4 is 5.32 Å². The van der Waals surface area contributed by atoms with Gasteiger partial charge < -0.3 is 15.4 Å². The Morgan fingerprint density at radius 2 is 1.97 bits per heavy atom. The van der Waals surface area contributed by atoms with Crippen molar-refractivity contribution < 1.29 is 18.7 Å². The molecular weight excluding hydrogens is 460 g/mol. The van der Waals surface area contributed by atoms with Gasteiger partial charge in [-0.15, -0.1) is 11.3 Å². The number of fused-ring (bicyclic) bond motifs is 4. The van der Waals surface area contributed by atoms with E-state index in [1.165, 1.54) is 17.4 Å². The molecular formula is C24H21F2N5O2S. The Bertz CT molecular complexity index is 1380. The first-order valence-electron chi connectivity index (χ1n) is 11.2. The van der Waals surface area contributed by atoms with Crippen LogP contribution in [0.5, 0.6) is 0 Å². The van der Waals surface area contributed by atoms with Gasteiger partial charge in [-0.05, 0) is 55.0 Å². The van der Waals surface area contributed by atoms with E-state index in [4.69, 9.17) is 0 Å². The highest BCUT2D eigenvalue weighted by molar-refractivity contribution is 7.13. The van der Waals surface area contributed by atoms with Gasteiger partial charge in [0.1, 0.15) is 17.2 Å². The minimum atomic E-state index is -0.863. The molecule has 0 aromatic carbocycles. The highest BCUT2D eigenvalue weighted by atomic mass is 32.1. The van der Waals surface area contributed by atoms with Crippen LogP contribution in [0.4, 0.5) is 14.6 Å². The molecule has 0 aliphatic heterocycles. The first-order chi connectivity index (χ1) is 16.5. The third-order valence-corrected chi connectivity index (χ3v) is 8.03. The average molecular weight is 482 g/mol. The summed E-state index contributed by atoms with van der Waals surface area (Å²) >= 11 is 1.34. The first-order valence-corrected chi connectivity index (χ1v) is 12.1. The number of aliphatic carboxylic acids is 1. The summed E-state index contributed by atoms with van der Waals surface area (Å²) in [6, 6.07) is 4.49. The number of thiophene rings is 1. The number of nitrogens with zero attached hydrogens (tertiary/aromatic N) is 3. The maximum atomic E-state index is 15.8. The van der Waals surface area contributed by atoms with Crippen molar-refractivity contribution in [3.05, 3.63) is 47.6 Å². The van der Waals surface area contributed by atoms with E-state index in [0.717, 1.165) is 31.9 Å². The van der Waals surface area contributed by atoms with Gasteiger partial charge in [-0.25, -0.2) is 23.7 Å². The number of carbonyl (C=O) groups is 1. The number of aromatic amines is 1. The molecule has 4 aromatic rings. The topological polar surface area (TPSA) is 104 Å². The number of halogens is 2. The lowest BCUT2D eigenvalue weighted by atomic mass is 9.61. The summed E-state index contributed by atoms with van der Waals surface area (Å²) in [4.78, 5) is 28.7. The zero-order valence-corrected chi connectivity index (χ0v) is 18.8. The van der Waals surface area contributed by atoms with Gasteiger partial charge in [0.25, 0.3) is 0 Å².